The minimum absolute atomic E-state index is 0.320. The molecule has 0 saturated heterocycles. The third kappa shape index (κ3) is 3.73. The monoisotopic (exact) mass is 354 g/mol. The van der Waals surface area contributed by atoms with E-state index < -0.39 is 6.36 Å². The Labute approximate surface area is 141 Å². The van der Waals surface area contributed by atoms with E-state index in [4.69, 9.17) is 5.73 Å². The maximum atomic E-state index is 12.5. The van der Waals surface area contributed by atoms with Crippen LogP contribution in [0.1, 0.15) is 18.7 Å². The zero-order chi connectivity index (χ0) is 18.0. The number of unbranched alkanes of at least 4 members (excludes halogenated alkanes) is 1. The topological polar surface area (TPSA) is 90.4 Å². The van der Waals surface area contributed by atoms with Crippen LogP contribution in [-0.2, 0) is 0 Å². The van der Waals surface area contributed by atoms with E-state index in [1.165, 1.54) is 18.2 Å². The van der Waals surface area contributed by atoms with Crippen LogP contribution in [-0.4, -0.2) is 39.0 Å². The lowest BCUT2D eigenvalue weighted by atomic mass is 10.2. The van der Waals surface area contributed by atoms with Crippen molar-refractivity contribution in [3.8, 4) is 5.75 Å². The lowest BCUT2D eigenvalue weighted by molar-refractivity contribution is -0.274. The Morgan fingerprint density at radius 2 is 2.04 bits per heavy atom. The van der Waals surface area contributed by atoms with E-state index >= 15 is 0 Å². The molecule has 0 amide bonds. The molecule has 3 rings (SSSR count). The largest absolute Gasteiger partial charge is 0.573 e. The Bertz CT molecular complexity index is 892. The first-order chi connectivity index (χ1) is 11.9. The number of aryl methyl sites for hydroxylation is 1. The highest BCUT2D eigenvalue weighted by Gasteiger charge is 2.31. The van der Waals surface area contributed by atoms with Crippen LogP contribution < -0.4 is 15.8 Å². The second-order valence-corrected chi connectivity index (χ2v) is 5.49. The SMILES string of the molecule is Cc1nnc2c(NCCCCN)nc3ccc(OC(F)(F)F)cc3n12. The van der Waals surface area contributed by atoms with Gasteiger partial charge in [0.15, 0.2) is 5.82 Å². The Hall–Kier alpha value is -2.62. The fraction of sp³-hybridized carbons (Fsp3) is 0.400. The van der Waals surface area contributed by atoms with Crippen molar-refractivity contribution in [2.45, 2.75) is 26.1 Å². The first kappa shape index (κ1) is 17.2. The number of ether oxygens (including phenoxy) is 1. The van der Waals surface area contributed by atoms with Crippen molar-refractivity contribution in [3.05, 3.63) is 24.0 Å². The van der Waals surface area contributed by atoms with Crippen molar-refractivity contribution in [1.29, 1.82) is 0 Å². The first-order valence-corrected chi connectivity index (χ1v) is 7.74. The van der Waals surface area contributed by atoms with Crippen LogP contribution in [0.25, 0.3) is 16.7 Å². The molecule has 134 valence electrons. The summed E-state index contributed by atoms with van der Waals surface area (Å²) in [6.07, 6.45) is -3.01. The average Bonchev–Trinajstić information content (AvgIpc) is 2.93. The summed E-state index contributed by atoms with van der Waals surface area (Å²) < 4.78 is 43.0. The number of nitrogens with zero attached hydrogens (tertiary/aromatic N) is 4. The van der Waals surface area contributed by atoms with Crippen LogP contribution in [0, 0.1) is 6.92 Å². The van der Waals surface area contributed by atoms with Crippen LogP contribution in [0.2, 0.25) is 0 Å². The number of hydrogen-bond acceptors (Lipinski definition) is 6. The number of fused-ring (bicyclic) bond motifs is 3. The zero-order valence-electron chi connectivity index (χ0n) is 13.5. The number of benzene rings is 1. The van der Waals surface area contributed by atoms with Crippen LogP contribution in [0.15, 0.2) is 18.2 Å². The number of nitrogens with one attached hydrogen (secondary N) is 1. The summed E-state index contributed by atoms with van der Waals surface area (Å²) in [5.74, 6) is 0.742. The van der Waals surface area contributed by atoms with Crippen molar-refractivity contribution < 1.29 is 17.9 Å². The molecule has 0 aliphatic carbocycles. The molecular formula is C15H17F3N6O. The molecule has 0 aliphatic rings. The lowest BCUT2D eigenvalue weighted by Gasteiger charge is -2.12. The zero-order valence-corrected chi connectivity index (χ0v) is 13.5. The fourth-order valence-electron chi connectivity index (χ4n) is 2.54. The summed E-state index contributed by atoms with van der Waals surface area (Å²) in [6, 6.07) is 3.98. The predicted octanol–water partition coefficient (Wildman–Crippen LogP) is 2.64. The molecule has 0 spiro atoms. The molecule has 0 aliphatic heterocycles. The number of rotatable bonds is 6. The van der Waals surface area contributed by atoms with E-state index in [1.807, 2.05) is 0 Å². The fourth-order valence-corrected chi connectivity index (χ4v) is 2.54. The Morgan fingerprint density at radius 3 is 2.76 bits per heavy atom. The predicted molar refractivity (Wildman–Crippen MR) is 86.5 cm³/mol. The van der Waals surface area contributed by atoms with Gasteiger partial charge in [-0.2, -0.15) is 0 Å². The van der Waals surface area contributed by atoms with E-state index in [0.717, 1.165) is 12.8 Å². The third-order valence-corrected chi connectivity index (χ3v) is 3.61. The summed E-state index contributed by atoms with van der Waals surface area (Å²) in [4.78, 5) is 4.45. The van der Waals surface area contributed by atoms with Gasteiger partial charge in [-0.15, -0.1) is 23.4 Å². The molecule has 2 aromatic heterocycles. The summed E-state index contributed by atoms with van der Waals surface area (Å²) in [5.41, 5.74) is 6.86. The van der Waals surface area contributed by atoms with Gasteiger partial charge in [-0.3, -0.25) is 4.40 Å². The van der Waals surface area contributed by atoms with Crippen molar-refractivity contribution in [2.24, 2.45) is 5.73 Å². The minimum Gasteiger partial charge on any atom is -0.406 e. The highest BCUT2D eigenvalue weighted by atomic mass is 19.4. The number of nitrogens with two attached hydrogens (primary N) is 1. The van der Waals surface area contributed by atoms with Gasteiger partial charge < -0.3 is 15.8 Å². The molecule has 3 N–H and O–H groups in total. The van der Waals surface area contributed by atoms with Crippen molar-refractivity contribution >= 4 is 22.5 Å². The average molecular weight is 354 g/mol. The maximum absolute atomic E-state index is 12.5. The molecule has 2 heterocycles. The molecule has 0 atom stereocenters. The van der Waals surface area contributed by atoms with Crippen LogP contribution in [0.4, 0.5) is 19.0 Å². The van der Waals surface area contributed by atoms with Gasteiger partial charge in [-0.1, -0.05) is 0 Å². The highest BCUT2D eigenvalue weighted by Crippen LogP contribution is 2.28. The standard InChI is InChI=1S/C15H17F3N6O/c1-9-22-23-14-13(20-7-3-2-6-19)21-11-5-4-10(25-15(16,17)18)8-12(11)24(9)14/h4-5,8H,2-3,6-7,19H2,1H3,(H,20,21). The van der Waals surface area contributed by atoms with E-state index in [2.05, 4.69) is 25.2 Å². The second-order valence-electron chi connectivity index (χ2n) is 5.49. The molecule has 3 aromatic rings. The smallest absolute Gasteiger partial charge is 0.406 e. The third-order valence-electron chi connectivity index (χ3n) is 3.61. The van der Waals surface area contributed by atoms with Crippen molar-refractivity contribution in [3.63, 3.8) is 0 Å². The molecule has 1 aromatic carbocycles. The molecular weight excluding hydrogens is 337 g/mol. The highest BCUT2D eigenvalue weighted by molar-refractivity contribution is 5.84. The Balaban J connectivity index is 2.04. The van der Waals surface area contributed by atoms with Gasteiger partial charge in [0, 0.05) is 12.6 Å². The number of halogens is 3. The Kier molecular flexibility index (Phi) is 4.62. The summed E-state index contributed by atoms with van der Waals surface area (Å²) >= 11 is 0. The molecule has 7 nitrogen and oxygen atoms in total. The summed E-state index contributed by atoms with van der Waals surface area (Å²) in [6.45, 7) is 2.98. The minimum atomic E-state index is -4.76. The molecule has 0 unspecified atom stereocenters. The summed E-state index contributed by atoms with van der Waals surface area (Å²) in [5, 5.41) is 11.3. The lowest BCUT2D eigenvalue weighted by Crippen LogP contribution is -2.17. The van der Waals surface area contributed by atoms with Crippen molar-refractivity contribution in [1.82, 2.24) is 19.6 Å². The number of hydrogen-bond donors (Lipinski definition) is 2. The van der Waals surface area contributed by atoms with Crippen LogP contribution in [0.3, 0.4) is 0 Å². The van der Waals surface area contributed by atoms with E-state index in [0.29, 0.717) is 41.4 Å². The van der Waals surface area contributed by atoms with Crippen LogP contribution in [0.5, 0.6) is 5.75 Å². The number of alkyl halides is 3. The van der Waals surface area contributed by atoms with Gasteiger partial charge in [0.25, 0.3) is 0 Å². The number of aromatic nitrogens is 4. The maximum Gasteiger partial charge on any atom is 0.573 e. The van der Waals surface area contributed by atoms with Gasteiger partial charge >= 0.3 is 6.36 Å². The van der Waals surface area contributed by atoms with E-state index in [9.17, 15) is 13.2 Å². The van der Waals surface area contributed by atoms with Gasteiger partial charge in [0.2, 0.25) is 5.65 Å². The van der Waals surface area contributed by atoms with Gasteiger partial charge in [0.1, 0.15) is 11.6 Å². The summed E-state index contributed by atoms with van der Waals surface area (Å²) in [7, 11) is 0. The van der Waals surface area contributed by atoms with Crippen LogP contribution >= 0.6 is 0 Å². The molecule has 0 saturated carbocycles. The molecule has 25 heavy (non-hydrogen) atoms. The van der Waals surface area contributed by atoms with Gasteiger partial charge in [-0.25, -0.2) is 4.98 Å². The van der Waals surface area contributed by atoms with E-state index in [-0.39, 0.29) is 5.75 Å². The van der Waals surface area contributed by atoms with Gasteiger partial charge in [0.05, 0.1) is 11.0 Å². The molecule has 0 radical (unpaired) electrons. The first-order valence-electron chi connectivity index (χ1n) is 7.74. The number of anilines is 1. The normalized spacial score (nSPS) is 12.0. The second kappa shape index (κ2) is 6.71. The van der Waals surface area contributed by atoms with Crippen molar-refractivity contribution in [2.75, 3.05) is 18.4 Å². The molecule has 10 heteroatoms. The quantitative estimate of drug-likeness (QED) is 0.662. The van der Waals surface area contributed by atoms with Gasteiger partial charge in [-0.05, 0) is 38.4 Å². The molecule has 0 fully saturated rings. The molecule has 0 bridgehead atoms. The Morgan fingerprint density at radius 1 is 1.24 bits per heavy atom. The van der Waals surface area contributed by atoms with E-state index in [1.54, 1.807) is 11.3 Å².